The fourth-order valence-corrected chi connectivity index (χ4v) is 1.68. The van der Waals surface area contributed by atoms with Crippen LogP contribution in [-0.4, -0.2) is 9.36 Å². The van der Waals surface area contributed by atoms with E-state index < -0.39 is 0 Å². The summed E-state index contributed by atoms with van der Waals surface area (Å²) in [5, 5.41) is 1.40. The maximum atomic E-state index is 5.53. The van der Waals surface area contributed by atoms with Crippen LogP contribution < -0.4 is 0 Å². The molecular weight excluding hydrogens is 168 g/mol. The fourth-order valence-electron chi connectivity index (χ4n) is 0.666. The van der Waals surface area contributed by atoms with E-state index in [0.717, 1.165) is 11.4 Å². The third-order valence-electron chi connectivity index (χ3n) is 1.03. The molecule has 0 aliphatic rings. The summed E-state index contributed by atoms with van der Waals surface area (Å²) < 4.78 is 3.87. The standard InChI is InChI=1S/C6H9ClN2S/c1-4(2)3-5-8-6(7)9-10-5/h4H,3H2,1-2H3. The van der Waals surface area contributed by atoms with Crippen LogP contribution in [0.15, 0.2) is 0 Å². The molecule has 1 aromatic rings. The van der Waals surface area contributed by atoms with Crippen molar-refractivity contribution in [1.82, 2.24) is 9.36 Å². The Kier molecular flexibility index (Phi) is 2.63. The van der Waals surface area contributed by atoms with Gasteiger partial charge in [-0.15, -0.1) is 0 Å². The minimum atomic E-state index is 0.376. The van der Waals surface area contributed by atoms with Crippen molar-refractivity contribution < 1.29 is 0 Å². The van der Waals surface area contributed by atoms with Crippen LogP contribution in [0.3, 0.4) is 0 Å². The number of hydrogen-bond acceptors (Lipinski definition) is 3. The summed E-state index contributed by atoms with van der Waals surface area (Å²) in [5.74, 6) is 0.629. The number of rotatable bonds is 2. The Morgan fingerprint density at radius 3 is 2.70 bits per heavy atom. The highest BCUT2D eigenvalue weighted by Gasteiger charge is 2.02. The third-order valence-corrected chi connectivity index (χ3v) is 2.03. The molecule has 0 bridgehead atoms. The molecule has 0 unspecified atom stereocenters. The number of halogens is 1. The van der Waals surface area contributed by atoms with Crippen molar-refractivity contribution >= 4 is 23.1 Å². The Labute approximate surface area is 69.4 Å². The summed E-state index contributed by atoms with van der Waals surface area (Å²) in [6.45, 7) is 4.30. The van der Waals surface area contributed by atoms with Crippen LogP contribution in [0.2, 0.25) is 5.28 Å². The van der Waals surface area contributed by atoms with Crippen LogP contribution in [0.5, 0.6) is 0 Å². The van der Waals surface area contributed by atoms with E-state index in [1.54, 1.807) is 0 Å². The van der Waals surface area contributed by atoms with Crippen LogP contribution in [-0.2, 0) is 6.42 Å². The summed E-state index contributed by atoms with van der Waals surface area (Å²) in [7, 11) is 0. The van der Waals surface area contributed by atoms with Gasteiger partial charge in [-0.1, -0.05) is 13.8 Å². The predicted molar refractivity (Wildman–Crippen MR) is 43.5 cm³/mol. The van der Waals surface area contributed by atoms with E-state index in [9.17, 15) is 0 Å². The lowest BCUT2D eigenvalue weighted by atomic mass is 10.1. The Hall–Kier alpha value is -0.150. The smallest absolute Gasteiger partial charge is 0.210 e. The highest BCUT2D eigenvalue weighted by molar-refractivity contribution is 7.05. The van der Waals surface area contributed by atoms with Gasteiger partial charge in [0.05, 0.1) is 0 Å². The molecule has 2 nitrogen and oxygen atoms in total. The van der Waals surface area contributed by atoms with Crippen molar-refractivity contribution in [3.63, 3.8) is 0 Å². The normalized spacial score (nSPS) is 10.8. The molecule has 1 aromatic heterocycles. The second-order valence-corrected chi connectivity index (χ2v) is 3.73. The Morgan fingerprint density at radius 2 is 2.30 bits per heavy atom. The molecule has 0 amide bonds. The molecule has 0 radical (unpaired) electrons. The fraction of sp³-hybridized carbons (Fsp3) is 0.667. The van der Waals surface area contributed by atoms with Crippen LogP contribution in [0.4, 0.5) is 0 Å². The highest BCUT2D eigenvalue weighted by atomic mass is 35.5. The molecule has 0 saturated carbocycles. The van der Waals surface area contributed by atoms with Gasteiger partial charge in [-0.2, -0.15) is 4.37 Å². The van der Waals surface area contributed by atoms with E-state index in [4.69, 9.17) is 11.6 Å². The number of hydrogen-bond donors (Lipinski definition) is 0. The van der Waals surface area contributed by atoms with Crippen LogP contribution in [0, 0.1) is 5.92 Å². The van der Waals surface area contributed by atoms with E-state index in [-0.39, 0.29) is 0 Å². The molecule has 0 saturated heterocycles. The Morgan fingerprint density at radius 1 is 1.60 bits per heavy atom. The summed E-state index contributed by atoms with van der Waals surface area (Å²) in [6.07, 6.45) is 0.977. The third kappa shape index (κ3) is 2.23. The summed E-state index contributed by atoms with van der Waals surface area (Å²) in [5.41, 5.74) is 0. The van der Waals surface area contributed by atoms with Crippen LogP contribution in [0.25, 0.3) is 0 Å². The Balaban J connectivity index is 2.58. The molecule has 1 heterocycles. The highest BCUT2D eigenvalue weighted by Crippen LogP contribution is 2.12. The maximum Gasteiger partial charge on any atom is 0.234 e. The minimum absolute atomic E-state index is 0.376. The van der Waals surface area contributed by atoms with Gasteiger partial charge in [0.2, 0.25) is 5.28 Å². The first-order valence-electron chi connectivity index (χ1n) is 3.16. The van der Waals surface area contributed by atoms with E-state index in [0.29, 0.717) is 11.2 Å². The van der Waals surface area contributed by atoms with Gasteiger partial charge in [-0.25, -0.2) is 4.98 Å². The van der Waals surface area contributed by atoms with Crippen molar-refractivity contribution in [1.29, 1.82) is 0 Å². The monoisotopic (exact) mass is 176 g/mol. The van der Waals surface area contributed by atoms with Gasteiger partial charge in [0.15, 0.2) is 0 Å². The molecule has 4 heteroatoms. The summed E-state index contributed by atoms with van der Waals surface area (Å²) in [6, 6.07) is 0. The van der Waals surface area contributed by atoms with Crippen molar-refractivity contribution in [3.05, 3.63) is 10.3 Å². The molecule has 0 atom stereocenters. The zero-order valence-corrected chi connectivity index (χ0v) is 7.54. The number of nitrogens with zero attached hydrogens (tertiary/aromatic N) is 2. The maximum absolute atomic E-state index is 5.53. The predicted octanol–water partition coefficient (Wildman–Crippen LogP) is 2.39. The topological polar surface area (TPSA) is 25.8 Å². The van der Waals surface area contributed by atoms with Gasteiger partial charge in [-0.05, 0) is 29.1 Å². The summed E-state index contributed by atoms with van der Waals surface area (Å²) in [4.78, 5) is 4.02. The summed E-state index contributed by atoms with van der Waals surface area (Å²) >= 11 is 6.92. The molecule has 0 aliphatic carbocycles. The Bertz CT molecular complexity index is 209. The minimum Gasteiger partial charge on any atom is -0.210 e. The lowest BCUT2D eigenvalue weighted by Crippen LogP contribution is -1.91. The lowest BCUT2D eigenvalue weighted by Gasteiger charge is -1.96. The average molecular weight is 177 g/mol. The van der Waals surface area contributed by atoms with Gasteiger partial charge in [-0.3, -0.25) is 0 Å². The van der Waals surface area contributed by atoms with Gasteiger partial charge in [0.1, 0.15) is 5.01 Å². The van der Waals surface area contributed by atoms with Gasteiger partial charge in [0.25, 0.3) is 0 Å². The van der Waals surface area contributed by atoms with Crippen molar-refractivity contribution in [3.8, 4) is 0 Å². The SMILES string of the molecule is CC(C)Cc1nc(Cl)ns1. The second-order valence-electron chi connectivity index (χ2n) is 2.56. The molecular formula is C6H9ClN2S. The molecule has 0 fully saturated rings. The van der Waals surface area contributed by atoms with E-state index in [2.05, 4.69) is 23.2 Å². The van der Waals surface area contributed by atoms with E-state index >= 15 is 0 Å². The van der Waals surface area contributed by atoms with E-state index in [1.807, 2.05) is 0 Å². The molecule has 10 heavy (non-hydrogen) atoms. The van der Waals surface area contributed by atoms with Gasteiger partial charge in [0, 0.05) is 6.42 Å². The van der Waals surface area contributed by atoms with E-state index in [1.165, 1.54) is 11.5 Å². The first-order valence-corrected chi connectivity index (χ1v) is 4.31. The lowest BCUT2D eigenvalue weighted by molar-refractivity contribution is 0.644. The quantitative estimate of drug-likeness (QED) is 0.692. The van der Waals surface area contributed by atoms with Crippen molar-refractivity contribution in [2.24, 2.45) is 5.92 Å². The van der Waals surface area contributed by atoms with Gasteiger partial charge >= 0.3 is 0 Å². The van der Waals surface area contributed by atoms with Crippen molar-refractivity contribution in [2.45, 2.75) is 20.3 Å². The number of aromatic nitrogens is 2. The average Bonchev–Trinajstić information content (AvgIpc) is 2.13. The largest absolute Gasteiger partial charge is 0.234 e. The first-order chi connectivity index (χ1) is 4.68. The van der Waals surface area contributed by atoms with Crippen molar-refractivity contribution in [2.75, 3.05) is 0 Å². The zero-order valence-electron chi connectivity index (χ0n) is 5.97. The van der Waals surface area contributed by atoms with Crippen LogP contribution in [0.1, 0.15) is 18.9 Å². The molecule has 0 aromatic carbocycles. The molecule has 0 spiro atoms. The zero-order chi connectivity index (χ0) is 7.56. The second kappa shape index (κ2) is 3.30. The van der Waals surface area contributed by atoms with Gasteiger partial charge < -0.3 is 0 Å². The molecule has 0 aliphatic heterocycles. The van der Waals surface area contributed by atoms with Crippen LogP contribution >= 0.6 is 23.1 Å². The molecule has 0 N–H and O–H groups in total. The first kappa shape index (κ1) is 7.95. The molecule has 1 rings (SSSR count). The molecule has 56 valence electrons.